The minimum Gasteiger partial charge on any atom is -0.379 e. The molecule has 5 nitrogen and oxygen atoms in total. The number of amides is 1. The third-order valence-electron chi connectivity index (χ3n) is 1.66. The van der Waals surface area contributed by atoms with Crippen LogP contribution in [0.5, 0.6) is 0 Å². The van der Waals surface area contributed by atoms with Crippen molar-refractivity contribution in [1.29, 1.82) is 10.7 Å². The molecule has 0 atom stereocenters. The fraction of sp³-hybridized carbons (Fsp3) is 0.100. The number of thioether (sulfide) groups is 1. The molecule has 1 rings (SSSR count). The predicted molar refractivity (Wildman–Crippen MR) is 64.2 cm³/mol. The average molecular weight is 234 g/mol. The van der Waals surface area contributed by atoms with E-state index < -0.39 is 0 Å². The number of hydrogen-bond acceptors (Lipinski definition) is 4. The number of nitrogens with zero attached hydrogens (tertiary/aromatic N) is 1. The number of amidine groups is 1. The smallest absolute Gasteiger partial charge is 0.234 e. The van der Waals surface area contributed by atoms with E-state index in [-0.39, 0.29) is 16.8 Å². The molecule has 82 valence electrons. The Kier molecular flexibility index (Phi) is 4.36. The first kappa shape index (κ1) is 12.1. The van der Waals surface area contributed by atoms with E-state index in [1.165, 1.54) is 0 Å². The molecule has 0 heterocycles. The van der Waals surface area contributed by atoms with Crippen LogP contribution in [0.25, 0.3) is 0 Å². The van der Waals surface area contributed by atoms with Crippen LogP contribution in [-0.4, -0.2) is 16.8 Å². The van der Waals surface area contributed by atoms with E-state index in [4.69, 9.17) is 16.4 Å². The minimum atomic E-state index is -0.232. The van der Waals surface area contributed by atoms with Gasteiger partial charge in [0.25, 0.3) is 0 Å². The van der Waals surface area contributed by atoms with Crippen molar-refractivity contribution in [3.8, 4) is 6.07 Å². The van der Waals surface area contributed by atoms with Crippen LogP contribution in [0.2, 0.25) is 0 Å². The Morgan fingerprint density at radius 2 is 2.12 bits per heavy atom. The summed E-state index contributed by atoms with van der Waals surface area (Å²) >= 11 is 0.963. The minimum absolute atomic E-state index is 0.0880. The van der Waals surface area contributed by atoms with Crippen molar-refractivity contribution < 1.29 is 4.79 Å². The van der Waals surface area contributed by atoms with Crippen molar-refractivity contribution in [2.75, 3.05) is 11.1 Å². The quantitative estimate of drug-likeness (QED) is 0.538. The predicted octanol–water partition coefficient (Wildman–Crippen LogP) is 1.12. The van der Waals surface area contributed by atoms with Gasteiger partial charge in [-0.3, -0.25) is 10.2 Å². The van der Waals surface area contributed by atoms with Gasteiger partial charge in [0.1, 0.15) is 0 Å². The van der Waals surface area contributed by atoms with Crippen molar-refractivity contribution in [3.63, 3.8) is 0 Å². The summed E-state index contributed by atoms with van der Waals surface area (Å²) in [7, 11) is 0. The highest BCUT2D eigenvalue weighted by Gasteiger charge is 2.03. The average Bonchev–Trinajstić information content (AvgIpc) is 2.27. The monoisotopic (exact) mass is 234 g/mol. The van der Waals surface area contributed by atoms with Gasteiger partial charge >= 0.3 is 0 Å². The molecule has 0 aliphatic rings. The first-order chi connectivity index (χ1) is 7.61. The number of nitrogens with one attached hydrogen (secondary N) is 2. The molecule has 0 fully saturated rings. The second-order valence-corrected chi connectivity index (χ2v) is 3.91. The van der Waals surface area contributed by atoms with Crippen LogP contribution in [0.15, 0.2) is 24.3 Å². The van der Waals surface area contributed by atoms with Crippen molar-refractivity contribution in [1.82, 2.24) is 0 Å². The Labute approximate surface area is 97.1 Å². The summed E-state index contributed by atoms with van der Waals surface area (Å²) < 4.78 is 0. The van der Waals surface area contributed by atoms with E-state index >= 15 is 0 Å². The molecular formula is C10H10N4OS. The third kappa shape index (κ3) is 4.02. The molecule has 0 spiro atoms. The van der Waals surface area contributed by atoms with Crippen LogP contribution in [0, 0.1) is 16.7 Å². The number of carbonyl (C=O) groups is 1. The zero-order chi connectivity index (χ0) is 12.0. The van der Waals surface area contributed by atoms with Crippen LogP contribution in [0.1, 0.15) is 5.56 Å². The van der Waals surface area contributed by atoms with Crippen LogP contribution < -0.4 is 11.1 Å². The van der Waals surface area contributed by atoms with E-state index in [1.54, 1.807) is 24.3 Å². The van der Waals surface area contributed by atoms with Gasteiger partial charge < -0.3 is 11.1 Å². The maximum absolute atomic E-state index is 11.3. The fourth-order valence-electron chi connectivity index (χ4n) is 0.968. The molecule has 16 heavy (non-hydrogen) atoms. The van der Waals surface area contributed by atoms with Gasteiger partial charge in [0.15, 0.2) is 5.17 Å². The number of nitrogens with two attached hydrogens (primary N) is 1. The first-order valence-corrected chi connectivity index (χ1v) is 5.37. The van der Waals surface area contributed by atoms with Crippen LogP contribution in [0.4, 0.5) is 5.69 Å². The number of hydrogen-bond donors (Lipinski definition) is 3. The zero-order valence-corrected chi connectivity index (χ0v) is 9.17. The van der Waals surface area contributed by atoms with Gasteiger partial charge in [-0.15, -0.1) is 0 Å². The van der Waals surface area contributed by atoms with Gasteiger partial charge in [-0.1, -0.05) is 11.8 Å². The highest BCUT2D eigenvalue weighted by molar-refractivity contribution is 8.14. The largest absolute Gasteiger partial charge is 0.379 e. The molecule has 0 aliphatic heterocycles. The Balaban J connectivity index is 2.50. The summed E-state index contributed by atoms with van der Waals surface area (Å²) in [5.41, 5.74) is 6.26. The molecule has 1 aromatic carbocycles. The molecule has 4 N–H and O–H groups in total. The highest BCUT2D eigenvalue weighted by atomic mass is 32.2. The molecule has 0 radical (unpaired) electrons. The normalized spacial score (nSPS) is 9.19. The van der Waals surface area contributed by atoms with E-state index in [0.717, 1.165) is 11.8 Å². The number of anilines is 1. The van der Waals surface area contributed by atoms with Gasteiger partial charge in [-0.2, -0.15) is 5.26 Å². The van der Waals surface area contributed by atoms with Crippen molar-refractivity contribution in [3.05, 3.63) is 29.8 Å². The summed E-state index contributed by atoms with van der Waals surface area (Å²) in [6, 6.07) is 8.52. The number of rotatable bonds is 3. The Hall–Kier alpha value is -2.00. The Bertz CT molecular complexity index is 435. The molecule has 0 saturated heterocycles. The lowest BCUT2D eigenvalue weighted by molar-refractivity contribution is -0.113. The summed E-state index contributed by atoms with van der Waals surface area (Å²) in [6.45, 7) is 0. The molecule has 0 aliphatic carbocycles. The molecule has 6 heteroatoms. The summed E-state index contributed by atoms with van der Waals surface area (Å²) in [6.07, 6.45) is 0. The Morgan fingerprint density at radius 3 is 2.62 bits per heavy atom. The van der Waals surface area contributed by atoms with E-state index in [0.29, 0.717) is 11.3 Å². The van der Waals surface area contributed by atoms with Crippen molar-refractivity contribution in [2.24, 2.45) is 5.73 Å². The molecule has 0 aromatic heterocycles. The topological polar surface area (TPSA) is 103 Å². The number of nitriles is 1. The highest BCUT2D eigenvalue weighted by Crippen LogP contribution is 2.09. The van der Waals surface area contributed by atoms with Gasteiger partial charge in [0.05, 0.1) is 17.4 Å². The van der Waals surface area contributed by atoms with E-state index in [1.807, 2.05) is 6.07 Å². The van der Waals surface area contributed by atoms with Crippen molar-refractivity contribution in [2.45, 2.75) is 0 Å². The second-order valence-electron chi connectivity index (χ2n) is 2.89. The van der Waals surface area contributed by atoms with Gasteiger partial charge in [-0.25, -0.2) is 0 Å². The standard InChI is InChI=1S/C10H10N4OS/c11-5-7-1-3-8(4-2-7)14-9(15)6-16-10(12)13/h1-4H,6H2,(H3,12,13)(H,14,15). The molecular weight excluding hydrogens is 224 g/mol. The lowest BCUT2D eigenvalue weighted by Gasteiger charge is -2.04. The molecule has 1 aromatic rings. The lowest BCUT2D eigenvalue weighted by atomic mass is 10.2. The maximum atomic E-state index is 11.3. The van der Waals surface area contributed by atoms with Crippen molar-refractivity contribution >= 4 is 28.5 Å². The van der Waals surface area contributed by atoms with Gasteiger partial charge in [0, 0.05) is 5.69 Å². The maximum Gasteiger partial charge on any atom is 0.234 e. The van der Waals surface area contributed by atoms with Crippen LogP contribution in [-0.2, 0) is 4.79 Å². The SMILES string of the molecule is N#Cc1ccc(NC(=O)CSC(=N)N)cc1. The zero-order valence-electron chi connectivity index (χ0n) is 8.36. The number of carbonyl (C=O) groups excluding carboxylic acids is 1. The lowest BCUT2D eigenvalue weighted by Crippen LogP contribution is -2.17. The van der Waals surface area contributed by atoms with E-state index in [9.17, 15) is 4.79 Å². The second kappa shape index (κ2) is 5.78. The van der Waals surface area contributed by atoms with Gasteiger partial charge in [-0.05, 0) is 24.3 Å². The van der Waals surface area contributed by atoms with Gasteiger partial charge in [0.2, 0.25) is 5.91 Å². The van der Waals surface area contributed by atoms with E-state index in [2.05, 4.69) is 5.32 Å². The fourth-order valence-corrected chi connectivity index (χ4v) is 1.33. The molecule has 0 unspecified atom stereocenters. The third-order valence-corrected chi connectivity index (χ3v) is 2.37. The summed E-state index contributed by atoms with van der Waals surface area (Å²) in [5.74, 6) is -0.125. The van der Waals surface area contributed by atoms with Crippen LogP contribution >= 0.6 is 11.8 Å². The summed E-state index contributed by atoms with van der Waals surface area (Å²) in [5, 5.41) is 18.1. The molecule has 1 amide bonds. The first-order valence-electron chi connectivity index (χ1n) is 4.38. The molecule has 0 saturated carbocycles. The molecule has 0 bridgehead atoms. The number of benzene rings is 1. The summed E-state index contributed by atoms with van der Waals surface area (Å²) in [4.78, 5) is 11.3. The van der Waals surface area contributed by atoms with Crippen LogP contribution in [0.3, 0.4) is 0 Å². The Morgan fingerprint density at radius 1 is 1.50 bits per heavy atom.